The zero-order valence-corrected chi connectivity index (χ0v) is 13.7. The Morgan fingerprint density at radius 3 is 2.50 bits per heavy atom. The van der Waals surface area contributed by atoms with Crippen LogP contribution in [0.5, 0.6) is 0 Å². The summed E-state index contributed by atoms with van der Waals surface area (Å²) < 4.78 is 38.0. The van der Waals surface area contributed by atoms with Gasteiger partial charge in [-0.25, -0.2) is 5.43 Å². The van der Waals surface area contributed by atoms with Crippen molar-refractivity contribution >= 4 is 23.2 Å². The number of carbonyl (C=O) groups excluding carboxylic acids is 2. The summed E-state index contributed by atoms with van der Waals surface area (Å²) in [7, 11) is 0. The summed E-state index contributed by atoms with van der Waals surface area (Å²) in [6.45, 7) is 1.51. The van der Waals surface area contributed by atoms with Gasteiger partial charge in [-0.3, -0.25) is 14.6 Å². The topological polar surface area (TPSA) is 83.5 Å². The number of alkyl halides is 3. The van der Waals surface area contributed by atoms with Crippen molar-refractivity contribution in [1.29, 1.82) is 0 Å². The van der Waals surface area contributed by atoms with E-state index >= 15 is 0 Å². The van der Waals surface area contributed by atoms with Crippen LogP contribution in [0.1, 0.15) is 29.3 Å². The predicted octanol–water partition coefficient (Wildman–Crippen LogP) is 3.23. The molecule has 1 heterocycles. The van der Waals surface area contributed by atoms with E-state index in [4.69, 9.17) is 0 Å². The number of carbonyl (C=O) groups is 2. The van der Waals surface area contributed by atoms with Gasteiger partial charge in [0.25, 0.3) is 5.91 Å². The summed E-state index contributed by atoms with van der Waals surface area (Å²) in [5, 5.41) is 6.16. The fourth-order valence-corrected chi connectivity index (χ4v) is 1.96. The smallest absolute Gasteiger partial charge is 0.326 e. The summed E-state index contributed by atoms with van der Waals surface area (Å²) in [6.07, 6.45) is -1.77. The fraction of sp³-hybridized carbons (Fsp3) is 0.176. The molecule has 0 bridgehead atoms. The lowest BCUT2D eigenvalue weighted by molar-refractivity contribution is -0.137. The van der Waals surface area contributed by atoms with Crippen molar-refractivity contribution in [2.75, 3.05) is 5.32 Å². The van der Waals surface area contributed by atoms with Gasteiger partial charge in [-0.2, -0.15) is 18.3 Å². The van der Waals surface area contributed by atoms with Gasteiger partial charge in [-0.1, -0.05) is 6.07 Å². The molecule has 2 aromatic rings. The highest BCUT2D eigenvalue weighted by Crippen LogP contribution is 2.30. The van der Waals surface area contributed by atoms with Crippen LogP contribution in [0, 0.1) is 0 Å². The largest absolute Gasteiger partial charge is 0.416 e. The SMILES string of the molecule is C/C(CC(=O)Nc1cccc(C(F)(F)F)c1)=N/NC(=O)c1ccncc1. The quantitative estimate of drug-likeness (QED) is 0.631. The number of nitrogens with one attached hydrogen (secondary N) is 2. The molecule has 0 saturated carbocycles. The van der Waals surface area contributed by atoms with Crippen LogP contribution in [0.4, 0.5) is 18.9 Å². The van der Waals surface area contributed by atoms with Gasteiger partial charge in [-0.05, 0) is 37.3 Å². The van der Waals surface area contributed by atoms with E-state index in [1.807, 2.05) is 0 Å². The van der Waals surface area contributed by atoms with Gasteiger partial charge in [-0.15, -0.1) is 0 Å². The van der Waals surface area contributed by atoms with Crippen LogP contribution in [-0.4, -0.2) is 22.5 Å². The predicted molar refractivity (Wildman–Crippen MR) is 89.5 cm³/mol. The number of hydrogen-bond donors (Lipinski definition) is 2. The average molecular weight is 364 g/mol. The number of hydrogen-bond acceptors (Lipinski definition) is 4. The summed E-state index contributed by atoms with van der Waals surface area (Å²) >= 11 is 0. The molecule has 0 fully saturated rings. The number of anilines is 1. The number of benzene rings is 1. The number of rotatable bonds is 5. The molecule has 2 rings (SSSR count). The van der Waals surface area contributed by atoms with E-state index in [2.05, 4.69) is 20.8 Å². The molecule has 1 aromatic heterocycles. The maximum atomic E-state index is 12.7. The van der Waals surface area contributed by atoms with Crippen molar-refractivity contribution in [3.63, 3.8) is 0 Å². The lowest BCUT2D eigenvalue weighted by Crippen LogP contribution is -2.21. The van der Waals surface area contributed by atoms with E-state index in [1.165, 1.54) is 43.6 Å². The van der Waals surface area contributed by atoms with Crippen LogP contribution >= 0.6 is 0 Å². The average Bonchev–Trinajstić information content (AvgIpc) is 2.60. The number of amides is 2. The summed E-state index contributed by atoms with van der Waals surface area (Å²) in [4.78, 5) is 27.5. The second-order valence-corrected chi connectivity index (χ2v) is 5.33. The third-order valence-corrected chi connectivity index (χ3v) is 3.18. The first-order valence-electron chi connectivity index (χ1n) is 7.46. The molecule has 136 valence electrons. The van der Waals surface area contributed by atoms with Crippen molar-refractivity contribution in [2.45, 2.75) is 19.5 Å². The van der Waals surface area contributed by atoms with Crippen molar-refractivity contribution < 1.29 is 22.8 Å². The first-order valence-corrected chi connectivity index (χ1v) is 7.46. The Labute approximate surface area is 147 Å². The monoisotopic (exact) mass is 364 g/mol. The molecule has 0 unspecified atom stereocenters. The molecule has 0 aliphatic heterocycles. The van der Waals surface area contributed by atoms with Gasteiger partial charge in [0, 0.05) is 29.4 Å². The highest BCUT2D eigenvalue weighted by molar-refractivity contribution is 6.06. The van der Waals surface area contributed by atoms with Crippen LogP contribution in [0.25, 0.3) is 0 Å². The Hall–Kier alpha value is -3.23. The van der Waals surface area contributed by atoms with Crippen molar-refractivity contribution in [2.24, 2.45) is 5.10 Å². The molecule has 0 atom stereocenters. The molecule has 2 amide bonds. The minimum Gasteiger partial charge on any atom is -0.326 e. The first kappa shape index (κ1) is 19.1. The van der Waals surface area contributed by atoms with E-state index in [9.17, 15) is 22.8 Å². The second kappa shape index (κ2) is 8.24. The number of pyridine rings is 1. The van der Waals surface area contributed by atoms with Gasteiger partial charge in [0.2, 0.25) is 5.91 Å². The zero-order chi connectivity index (χ0) is 19.2. The Morgan fingerprint density at radius 1 is 1.15 bits per heavy atom. The highest BCUT2D eigenvalue weighted by atomic mass is 19.4. The minimum atomic E-state index is -4.49. The normalized spacial score (nSPS) is 11.8. The molecular weight excluding hydrogens is 349 g/mol. The van der Waals surface area contributed by atoms with Crippen molar-refractivity contribution in [3.8, 4) is 0 Å². The minimum absolute atomic E-state index is 0.0263. The van der Waals surface area contributed by atoms with E-state index < -0.39 is 23.6 Å². The zero-order valence-electron chi connectivity index (χ0n) is 13.7. The summed E-state index contributed by atoms with van der Waals surface area (Å²) in [5.41, 5.74) is 2.10. The van der Waals surface area contributed by atoms with Gasteiger partial charge in [0.05, 0.1) is 12.0 Å². The molecule has 26 heavy (non-hydrogen) atoms. The third-order valence-electron chi connectivity index (χ3n) is 3.18. The molecule has 1 aromatic carbocycles. The van der Waals surface area contributed by atoms with Gasteiger partial charge in [0.15, 0.2) is 0 Å². The molecule has 6 nitrogen and oxygen atoms in total. The third kappa shape index (κ3) is 5.69. The molecular formula is C17H15F3N4O2. The first-order chi connectivity index (χ1) is 12.3. The number of halogens is 3. The molecule has 9 heteroatoms. The summed E-state index contributed by atoms with van der Waals surface area (Å²) in [5.74, 6) is -1.02. The number of nitrogens with zero attached hydrogens (tertiary/aromatic N) is 2. The fourth-order valence-electron chi connectivity index (χ4n) is 1.96. The molecule has 0 radical (unpaired) electrons. The van der Waals surface area contributed by atoms with E-state index in [-0.39, 0.29) is 17.8 Å². The van der Waals surface area contributed by atoms with E-state index in [0.29, 0.717) is 5.56 Å². The lowest BCUT2D eigenvalue weighted by atomic mass is 10.2. The second-order valence-electron chi connectivity index (χ2n) is 5.33. The van der Waals surface area contributed by atoms with Gasteiger partial charge < -0.3 is 5.32 Å². The Bertz CT molecular complexity index is 820. The molecule has 2 N–H and O–H groups in total. The van der Waals surface area contributed by atoms with Crippen LogP contribution in [0.3, 0.4) is 0 Å². The van der Waals surface area contributed by atoms with Gasteiger partial charge in [0.1, 0.15) is 0 Å². The molecule has 0 aliphatic rings. The van der Waals surface area contributed by atoms with Crippen molar-refractivity contribution in [3.05, 3.63) is 59.9 Å². The molecule has 0 aliphatic carbocycles. The van der Waals surface area contributed by atoms with Gasteiger partial charge >= 0.3 is 6.18 Å². The van der Waals surface area contributed by atoms with Crippen LogP contribution in [0.15, 0.2) is 53.9 Å². The Kier molecular flexibility index (Phi) is 6.05. The van der Waals surface area contributed by atoms with Crippen LogP contribution in [0.2, 0.25) is 0 Å². The van der Waals surface area contributed by atoms with E-state index in [1.54, 1.807) is 0 Å². The molecule has 0 saturated heterocycles. The Balaban J connectivity index is 1.92. The number of hydrazone groups is 1. The molecule has 0 spiro atoms. The van der Waals surface area contributed by atoms with Crippen LogP contribution < -0.4 is 10.7 Å². The maximum Gasteiger partial charge on any atom is 0.416 e. The van der Waals surface area contributed by atoms with E-state index in [0.717, 1.165) is 12.1 Å². The standard InChI is InChI=1S/C17H15F3N4O2/c1-11(23-24-16(26)12-5-7-21-8-6-12)9-15(25)22-14-4-2-3-13(10-14)17(18,19)20/h2-8,10H,9H2,1H3,(H,22,25)(H,24,26)/b23-11-. The Morgan fingerprint density at radius 2 is 1.85 bits per heavy atom. The van der Waals surface area contributed by atoms with Crippen molar-refractivity contribution in [1.82, 2.24) is 10.4 Å². The van der Waals surface area contributed by atoms with Crippen LogP contribution in [-0.2, 0) is 11.0 Å². The lowest BCUT2D eigenvalue weighted by Gasteiger charge is -2.10. The summed E-state index contributed by atoms with van der Waals surface area (Å²) in [6, 6.07) is 7.31. The highest BCUT2D eigenvalue weighted by Gasteiger charge is 2.30. The number of aromatic nitrogens is 1. The maximum absolute atomic E-state index is 12.7.